The summed E-state index contributed by atoms with van der Waals surface area (Å²) in [7, 11) is 0. The van der Waals surface area contributed by atoms with E-state index in [0.29, 0.717) is 0 Å². The van der Waals surface area contributed by atoms with E-state index < -0.39 is 0 Å². The molecule has 2 nitrogen and oxygen atoms in total. The Hall–Kier alpha value is -1.44. The molecule has 0 aromatic carbocycles. The Morgan fingerprint density at radius 2 is 2.12 bits per heavy atom. The molecule has 1 atom stereocenters. The van der Waals surface area contributed by atoms with Gasteiger partial charge in [-0.15, -0.1) is 0 Å². The minimum Gasteiger partial charge on any atom is -0.269 e. The molecule has 84 valence electrons. The predicted octanol–water partition coefficient (Wildman–Crippen LogP) is 3.50. The molecular weight excluding hydrogens is 196 g/mol. The van der Waals surface area contributed by atoms with Crippen LogP contribution in [0.2, 0.25) is 0 Å². The van der Waals surface area contributed by atoms with E-state index in [9.17, 15) is 0 Å². The second-order valence-electron chi connectivity index (χ2n) is 4.35. The Morgan fingerprint density at radius 1 is 1.31 bits per heavy atom. The summed E-state index contributed by atoms with van der Waals surface area (Å²) in [4.78, 5) is 8.28. The first-order valence-corrected chi connectivity index (χ1v) is 5.97. The zero-order valence-corrected chi connectivity index (χ0v) is 9.76. The van der Waals surface area contributed by atoms with Gasteiger partial charge in [0.15, 0.2) is 0 Å². The van der Waals surface area contributed by atoms with Crippen LogP contribution in [0, 0.1) is 0 Å². The maximum Gasteiger partial charge on any atom is 0.0270 e. The summed E-state index contributed by atoms with van der Waals surface area (Å²) >= 11 is 0. The predicted molar refractivity (Wildman–Crippen MR) is 67.7 cm³/mol. The Kier molecular flexibility index (Phi) is 3.50. The minimum absolute atomic E-state index is 0.153. The number of aliphatic imine (C=N–C) groups is 1. The first-order valence-electron chi connectivity index (χ1n) is 5.97. The molecule has 2 heterocycles. The second kappa shape index (κ2) is 5.06. The van der Waals surface area contributed by atoms with Crippen LogP contribution in [0.5, 0.6) is 0 Å². The first kappa shape index (κ1) is 11.1. The van der Waals surface area contributed by atoms with Gasteiger partial charge in [0, 0.05) is 30.2 Å². The van der Waals surface area contributed by atoms with Crippen molar-refractivity contribution in [2.45, 2.75) is 38.0 Å². The molecule has 1 unspecified atom stereocenters. The summed E-state index contributed by atoms with van der Waals surface area (Å²) in [6, 6.07) is 4.25. The fourth-order valence-corrected chi connectivity index (χ4v) is 2.25. The summed E-state index contributed by atoms with van der Waals surface area (Å²) < 4.78 is 0. The van der Waals surface area contributed by atoms with E-state index in [1.807, 2.05) is 24.8 Å². The molecule has 0 fully saturated rings. The van der Waals surface area contributed by atoms with Gasteiger partial charge in [0.25, 0.3) is 0 Å². The van der Waals surface area contributed by atoms with Crippen molar-refractivity contribution < 1.29 is 0 Å². The van der Waals surface area contributed by atoms with Gasteiger partial charge in [-0.1, -0.05) is 25.8 Å². The van der Waals surface area contributed by atoms with Crippen molar-refractivity contribution in [3.8, 4) is 0 Å². The summed E-state index contributed by atoms with van der Waals surface area (Å²) in [6.07, 6.45) is 14.6. The summed E-state index contributed by atoms with van der Waals surface area (Å²) in [6.45, 7) is 2.24. The number of pyridine rings is 1. The fourth-order valence-electron chi connectivity index (χ4n) is 2.25. The van der Waals surface area contributed by atoms with Gasteiger partial charge in [0.05, 0.1) is 0 Å². The highest BCUT2D eigenvalue weighted by Crippen LogP contribution is 2.35. The van der Waals surface area contributed by atoms with E-state index >= 15 is 0 Å². The van der Waals surface area contributed by atoms with Crippen molar-refractivity contribution in [2.24, 2.45) is 4.99 Å². The molecule has 2 heteroatoms. The number of allylic oxidation sites excluding steroid dienone is 1. The topological polar surface area (TPSA) is 25.2 Å². The normalized spacial score (nSPS) is 23.6. The molecule has 16 heavy (non-hydrogen) atoms. The fraction of sp³-hybridized carbons (Fsp3) is 0.429. The molecule has 1 aromatic rings. The van der Waals surface area contributed by atoms with E-state index in [-0.39, 0.29) is 5.41 Å². The van der Waals surface area contributed by atoms with Gasteiger partial charge in [-0.25, -0.2) is 0 Å². The van der Waals surface area contributed by atoms with Crippen molar-refractivity contribution >= 4 is 6.21 Å². The van der Waals surface area contributed by atoms with E-state index in [0.717, 1.165) is 6.42 Å². The molecule has 2 rings (SSSR count). The standard InChI is InChI=1S/C14H18N2/c1-2-3-6-14(7-11-16-12-8-14)13-4-9-15-10-5-13/h4-5,7,9-12H,2-3,6,8H2,1H3. The van der Waals surface area contributed by atoms with Crippen molar-refractivity contribution in [3.63, 3.8) is 0 Å². The number of hydrogen-bond donors (Lipinski definition) is 0. The van der Waals surface area contributed by atoms with Crippen LogP contribution in [0.1, 0.15) is 38.2 Å². The number of nitrogens with zero attached hydrogens (tertiary/aromatic N) is 2. The highest BCUT2D eigenvalue weighted by atomic mass is 14.7. The first-order chi connectivity index (χ1) is 7.87. The highest BCUT2D eigenvalue weighted by molar-refractivity contribution is 5.64. The lowest BCUT2D eigenvalue weighted by Gasteiger charge is -2.31. The van der Waals surface area contributed by atoms with Crippen LogP contribution in [0.15, 0.2) is 41.8 Å². The van der Waals surface area contributed by atoms with Gasteiger partial charge >= 0.3 is 0 Å². The third kappa shape index (κ3) is 2.21. The lowest BCUT2D eigenvalue weighted by Crippen LogP contribution is -2.25. The lowest BCUT2D eigenvalue weighted by atomic mass is 9.74. The van der Waals surface area contributed by atoms with Gasteiger partial charge in [0.1, 0.15) is 0 Å². The average Bonchev–Trinajstić information content (AvgIpc) is 2.38. The third-order valence-electron chi connectivity index (χ3n) is 3.27. The van der Waals surface area contributed by atoms with Crippen molar-refractivity contribution in [1.29, 1.82) is 0 Å². The van der Waals surface area contributed by atoms with Crippen LogP contribution in [-0.2, 0) is 5.41 Å². The number of rotatable bonds is 4. The zero-order valence-electron chi connectivity index (χ0n) is 9.76. The quantitative estimate of drug-likeness (QED) is 0.753. The molecule has 0 spiro atoms. The lowest BCUT2D eigenvalue weighted by molar-refractivity contribution is 0.481. The smallest absolute Gasteiger partial charge is 0.0270 e. The molecule has 0 saturated carbocycles. The average molecular weight is 214 g/mol. The van der Waals surface area contributed by atoms with Gasteiger partial charge in [-0.3, -0.25) is 9.98 Å². The van der Waals surface area contributed by atoms with Gasteiger partial charge in [0.2, 0.25) is 0 Å². The molecule has 0 aliphatic carbocycles. The zero-order chi connectivity index (χ0) is 11.3. The molecule has 0 bridgehead atoms. The van der Waals surface area contributed by atoms with Gasteiger partial charge in [-0.05, 0) is 30.5 Å². The van der Waals surface area contributed by atoms with Crippen molar-refractivity contribution in [3.05, 3.63) is 42.4 Å². The van der Waals surface area contributed by atoms with Crippen LogP contribution in [0.25, 0.3) is 0 Å². The Bertz CT molecular complexity index is 381. The molecule has 0 radical (unpaired) electrons. The Balaban J connectivity index is 2.28. The number of unbranched alkanes of at least 4 members (excludes halogenated alkanes) is 1. The van der Waals surface area contributed by atoms with Crippen LogP contribution >= 0.6 is 0 Å². The van der Waals surface area contributed by atoms with Gasteiger partial charge < -0.3 is 0 Å². The maximum atomic E-state index is 4.18. The largest absolute Gasteiger partial charge is 0.269 e. The number of aromatic nitrogens is 1. The van der Waals surface area contributed by atoms with Crippen LogP contribution in [-0.4, -0.2) is 11.2 Å². The van der Waals surface area contributed by atoms with E-state index in [4.69, 9.17) is 0 Å². The summed E-state index contributed by atoms with van der Waals surface area (Å²) in [5.41, 5.74) is 1.51. The second-order valence-corrected chi connectivity index (χ2v) is 4.35. The van der Waals surface area contributed by atoms with Crippen molar-refractivity contribution in [2.75, 3.05) is 0 Å². The molecule has 0 saturated heterocycles. The van der Waals surface area contributed by atoms with Crippen LogP contribution < -0.4 is 0 Å². The molecule has 1 aromatic heterocycles. The highest BCUT2D eigenvalue weighted by Gasteiger charge is 2.28. The van der Waals surface area contributed by atoms with Crippen LogP contribution in [0.4, 0.5) is 0 Å². The summed E-state index contributed by atoms with van der Waals surface area (Å²) in [5.74, 6) is 0. The molecule has 1 aliphatic rings. The van der Waals surface area contributed by atoms with E-state index in [1.165, 1.54) is 24.8 Å². The number of hydrogen-bond acceptors (Lipinski definition) is 2. The van der Waals surface area contributed by atoms with Crippen LogP contribution in [0.3, 0.4) is 0 Å². The molecular formula is C14H18N2. The monoisotopic (exact) mass is 214 g/mol. The Labute approximate surface area is 97.1 Å². The van der Waals surface area contributed by atoms with Crippen molar-refractivity contribution in [1.82, 2.24) is 4.98 Å². The van der Waals surface area contributed by atoms with Gasteiger partial charge in [-0.2, -0.15) is 0 Å². The molecule has 0 N–H and O–H groups in total. The molecule has 1 aliphatic heterocycles. The van der Waals surface area contributed by atoms with E-state index in [1.54, 1.807) is 0 Å². The summed E-state index contributed by atoms with van der Waals surface area (Å²) in [5, 5.41) is 0. The minimum atomic E-state index is 0.153. The SMILES string of the molecule is CCCCC1(c2ccncc2)C=CN=CC1. The molecule has 0 amide bonds. The Morgan fingerprint density at radius 3 is 2.75 bits per heavy atom. The maximum absolute atomic E-state index is 4.18. The third-order valence-corrected chi connectivity index (χ3v) is 3.27. The van der Waals surface area contributed by atoms with E-state index in [2.05, 4.69) is 35.1 Å².